The predicted molar refractivity (Wildman–Crippen MR) is 54.4 cm³/mol. The summed E-state index contributed by atoms with van der Waals surface area (Å²) in [6, 6.07) is 0. The summed E-state index contributed by atoms with van der Waals surface area (Å²) in [4.78, 5) is 11.2. The normalized spacial score (nSPS) is 14.1. The van der Waals surface area contributed by atoms with Gasteiger partial charge in [0.1, 0.15) is 0 Å². The third kappa shape index (κ3) is 5.15. The lowest BCUT2D eigenvalue weighted by molar-refractivity contribution is -0.121. The molecule has 0 atom stereocenters. The zero-order chi connectivity index (χ0) is 12.8. The van der Waals surface area contributed by atoms with Gasteiger partial charge in [-0.15, -0.1) is 3.89 Å². The van der Waals surface area contributed by atoms with E-state index in [-0.39, 0.29) is 6.42 Å². The summed E-state index contributed by atoms with van der Waals surface area (Å²) in [7, 11) is 0. The first-order valence-electron chi connectivity index (χ1n) is 4.22. The highest BCUT2D eigenvalue weighted by Gasteiger charge is 2.32. The molecule has 0 fully saturated rings. The Hall–Kier alpha value is -1.05. The van der Waals surface area contributed by atoms with Crippen LogP contribution >= 0.6 is 12.3 Å². The topological polar surface area (TPSA) is 55.5 Å². The van der Waals surface area contributed by atoms with E-state index in [1.807, 2.05) is 0 Å². The molecule has 0 bridgehead atoms. The molecule has 8 heteroatoms. The summed E-state index contributed by atoms with van der Waals surface area (Å²) in [5, 5.41) is 0. The van der Waals surface area contributed by atoms with Crippen molar-refractivity contribution in [3.63, 3.8) is 0 Å². The standard InChI is InChI=1S/C8H10F4N2OS/c1-2-7(15)5(4-13)6(14-16-12)3-8(9,10)11/h4H,2-3,13H2,1H3/b5-4+,14-6+. The van der Waals surface area contributed by atoms with Crippen molar-refractivity contribution in [2.45, 2.75) is 25.9 Å². The van der Waals surface area contributed by atoms with Gasteiger partial charge in [-0.1, -0.05) is 6.92 Å². The van der Waals surface area contributed by atoms with E-state index in [1.54, 1.807) is 0 Å². The number of carbonyl (C=O) groups excluding carboxylic acids is 1. The Labute approximate surface area is 94.2 Å². The molecule has 0 radical (unpaired) electrons. The summed E-state index contributed by atoms with van der Waals surface area (Å²) in [6.07, 6.45) is -5.38. The van der Waals surface area contributed by atoms with Crippen molar-refractivity contribution in [2.24, 2.45) is 10.1 Å². The van der Waals surface area contributed by atoms with Gasteiger partial charge in [0.05, 0.1) is 17.7 Å². The lowest BCUT2D eigenvalue weighted by Crippen LogP contribution is -2.21. The fourth-order valence-electron chi connectivity index (χ4n) is 0.949. The van der Waals surface area contributed by atoms with Crippen molar-refractivity contribution >= 4 is 23.8 Å². The molecule has 0 saturated carbocycles. The summed E-state index contributed by atoms with van der Waals surface area (Å²) in [5.41, 5.74) is 3.94. The highest BCUT2D eigenvalue weighted by molar-refractivity contribution is 7.93. The summed E-state index contributed by atoms with van der Waals surface area (Å²) in [5.74, 6) is -0.612. The molecule has 16 heavy (non-hydrogen) atoms. The molecule has 0 aliphatic carbocycles. The summed E-state index contributed by atoms with van der Waals surface area (Å²) >= 11 is -0.639. The Balaban J connectivity index is 5.06. The quantitative estimate of drug-likeness (QED) is 0.357. The average molecular weight is 258 g/mol. The van der Waals surface area contributed by atoms with Crippen LogP contribution in [-0.4, -0.2) is 17.7 Å². The van der Waals surface area contributed by atoms with Crippen LogP contribution in [0.5, 0.6) is 0 Å². The van der Waals surface area contributed by atoms with Gasteiger partial charge >= 0.3 is 6.18 Å². The highest BCUT2D eigenvalue weighted by atomic mass is 32.2. The molecule has 92 valence electrons. The number of allylic oxidation sites excluding steroid dienone is 1. The van der Waals surface area contributed by atoms with Crippen LogP contribution in [0.4, 0.5) is 17.1 Å². The van der Waals surface area contributed by atoms with E-state index in [0.717, 1.165) is 0 Å². The molecule has 0 amide bonds. The van der Waals surface area contributed by atoms with Crippen LogP contribution in [0.15, 0.2) is 16.2 Å². The molecule has 0 spiro atoms. The van der Waals surface area contributed by atoms with Crippen molar-refractivity contribution in [1.29, 1.82) is 0 Å². The molecule has 0 aromatic rings. The van der Waals surface area contributed by atoms with Crippen LogP contribution in [0.25, 0.3) is 0 Å². The molecule has 0 unspecified atom stereocenters. The summed E-state index contributed by atoms with van der Waals surface area (Å²) in [6.45, 7) is 1.46. The molecule has 0 aromatic heterocycles. The van der Waals surface area contributed by atoms with Crippen molar-refractivity contribution in [3.05, 3.63) is 11.8 Å². The van der Waals surface area contributed by atoms with Gasteiger partial charge in [-0.2, -0.15) is 17.6 Å². The summed E-state index contributed by atoms with van der Waals surface area (Å²) < 4.78 is 51.1. The van der Waals surface area contributed by atoms with E-state index in [9.17, 15) is 21.9 Å². The lowest BCUT2D eigenvalue weighted by atomic mass is 10.0. The minimum atomic E-state index is -4.57. The maximum Gasteiger partial charge on any atom is 0.394 e. The van der Waals surface area contributed by atoms with Gasteiger partial charge in [-0.05, 0) is 0 Å². The number of Topliss-reactive ketones (excluding diaryl/α,β-unsaturated/α-hetero) is 1. The largest absolute Gasteiger partial charge is 0.404 e. The number of hydrogen-bond donors (Lipinski definition) is 1. The molecule has 3 nitrogen and oxygen atoms in total. The van der Waals surface area contributed by atoms with Crippen LogP contribution < -0.4 is 5.73 Å². The monoisotopic (exact) mass is 258 g/mol. The molecular formula is C8H10F4N2OS. The first kappa shape index (κ1) is 14.9. The molecule has 0 saturated heterocycles. The van der Waals surface area contributed by atoms with E-state index in [2.05, 4.69) is 4.40 Å². The van der Waals surface area contributed by atoms with Gasteiger partial charge in [-0.3, -0.25) is 4.79 Å². The van der Waals surface area contributed by atoms with Gasteiger partial charge in [0, 0.05) is 12.6 Å². The second kappa shape index (κ2) is 6.51. The maximum atomic E-state index is 12.1. The smallest absolute Gasteiger partial charge is 0.394 e. The second-order valence-electron chi connectivity index (χ2n) is 2.76. The fourth-order valence-corrected chi connectivity index (χ4v) is 1.19. The van der Waals surface area contributed by atoms with Gasteiger partial charge in [0.15, 0.2) is 18.1 Å². The van der Waals surface area contributed by atoms with Crippen molar-refractivity contribution < 1.29 is 21.9 Å². The third-order valence-electron chi connectivity index (χ3n) is 1.61. The van der Waals surface area contributed by atoms with Gasteiger partial charge in [0.2, 0.25) is 0 Å². The van der Waals surface area contributed by atoms with Crippen molar-refractivity contribution in [1.82, 2.24) is 0 Å². The van der Waals surface area contributed by atoms with Crippen LogP contribution in [0.1, 0.15) is 19.8 Å². The van der Waals surface area contributed by atoms with Gasteiger partial charge in [-0.25, -0.2) is 0 Å². The van der Waals surface area contributed by atoms with Crippen LogP contribution in [-0.2, 0) is 4.79 Å². The Morgan fingerprint density at radius 1 is 1.50 bits per heavy atom. The molecule has 0 heterocycles. The number of nitrogens with zero attached hydrogens (tertiary/aromatic N) is 1. The predicted octanol–water partition coefficient (Wildman–Crippen LogP) is 2.73. The van der Waals surface area contributed by atoms with E-state index in [0.29, 0.717) is 6.20 Å². The zero-order valence-corrected chi connectivity index (χ0v) is 9.16. The minimum Gasteiger partial charge on any atom is -0.404 e. The van der Waals surface area contributed by atoms with Crippen LogP contribution in [0.3, 0.4) is 0 Å². The van der Waals surface area contributed by atoms with Gasteiger partial charge in [0.25, 0.3) is 0 Å². The van der Waals surface area contributed by atoms with Crippen molar-refractivity contribution in [3.8, 4) is 0 Å². The first-order chi connectivity index (χ1) is 7.35. The number of carbonyl (C=O) groups is 1. The average Bonchev–Trinajstić information content (AvgIpc) is 2.16. The molecule has 0 aliphatic heterocycles. The third-order valence-corrected chi connectivity index (χ3v) is 1.90. The number of ketones is 1. The molecule has 0 rings (SSSR count). The molecule has 2 N–H and O–H groups in total. The van der Waals surface area contributed by atoms with Crippen molar-refractivity contribution in [2.75, 3.05) is 0 Å². The Morgan fingerprint density at radius 2 is 2.06 bits per heavy atom. The van der Waals surface area contributed by atoms with E-state index in [4.69, 9.17) is 5.73 Å². The lowest BCUT2D eigenvalue weighted by Gasteiger charge is -2.10. The van der Waals surface area contributed by atoms with E-state index >= 15 is 0 Å². The fraction of sp³-hybridized carbons (Fsp3) is 0.500. The van der Waals surface area contributed by atoms with E-state index < -0.39 is 42.0 Å². The molecule has 0 aromatic carbocycles. The zero-order valence-electron chi connectivity index (χ0n) is 8.34. The van der Waals surface area contributed by atoms with Gasteiger partial charge < -0.3 is 5.73 Å². The number of rotatable bonds is 5. The number of nitrogens with two attached hydrogens (primary N) is 1. The maximum absolute atomic E-state index is 12.1. The first-order valence-corrected chi connectivity index (χ1v) is 4.90. The molecular weight excluding hydrogens is 248 g/mol. The second-order valence-corrected chi connectivity index (χ2v) is 3.08. The number of hydrogen-bond acceptors (Lipinski definition) is 4. The number of halogens is 4. The van der Waals surface area contributed by atoms with Crippen LogP contribution in [0, 0.1) is 0 Å². The molecule has 0 aliphatic rings. The Bertz CT molecular complexity index is 312. The Kier molecular flexibility index (Phi) is 6.09. The minimum absolute atomic E-state index is 0.0309. The highest BCUT2D eigenvalue weighted by Crippen LogP contribution is 2.24. The Morgan fingerprint density at radius 3 is 2.38 bits per heavy atom. The van der Waals surface area contributed by atoms with E-state index in [1.165, 1.54) is 6.92 Å². The number of alkyl halides is 3. The SMILES string of the molecule is CCC(=O)C(=C/N)/C(CC(F)(F)F)=N/SF. The van der Waals surface area contributed by atoms with Crippen LogP contribution in [0.2, 0.25) is 0 Å².